The molecule has 2 aromatic rings. The van der Waals surface area contributed by atoms with Gasteiger partial charge in [0.05, 0.1) is 16.3 Å². The fourth-order valence-electron chi connectivity index (χ4n) is 2.04. The summed E-state index contributed by atoms with van der Waals surface area (Å²) < 4.78 is 37.7. The van der Waals surface area contributed by atoms with Crippen molar-refractivity contribution in [2.75, 3.05) is 7.05 Å². The summed E-state index contributed by atoms with van der Waals surface area (Å²) in [6.45, 7) is 0. The van der Waals surface area contributed by atoms with Crippen LogP contribution in [0.3, 0.4) is 0 Å². The molecule has 1 unspecified atom stereocenters. The van der Waals surface area contributed by atoms with Crippen molar-refractivity contribution in [1.29, 1.82) is 0 Å². The maximum absolute atomic E-state index is 12.6. The van der Waals surface area contributed by atoms with Crippen LogP contribution < -0.4 is 5.32 Å². The Morgan fingerprint density at radius 2 is 1.90 bits per heavy atom. The summed E-state index contributed by atoms with van der Waals surface area (Å²) in [5.41, 5.74) is 0.627. The first kappa shape index (κ1) is 15.8. The van der Waals surface area contributed by atoms with Gasteiger partial charge in [0.1, 0.15) is 0 Å². The summed E-state index contributed by atoms with van der Waals surface area (Å²) >= 11 is 5.93. The molecule has 0 aliphatic heterocycles. The van der Waals surface area contributed by atoms with Crippen molar-refractivity contribution in [2.24, 2.45) is 0 Å². The van der Waals surface area contributed by atoms with E-state index >= 15 is 0 Å². The molecule has 0 radical (unpaired) electrons. The minimum atomic E-state index is -4.43. The van der Waals surface area contributed by atoms with Gasteiger partial charge >= 0.3 is 6.18 Å². The van der Waals surface area contributed by atoms with Gasteiger partial charge in [-0.1, -0.05) is 41.9 Å². The van der Waals surface area contributed by atoms with Crippen molar-refractivity contribution >= 4 is 11.6 Å². The van der Waals surface area contributed by atoms with Crippen LogP contribution >= 0.6 is 11.6 Å². The van der Waals surface area contributed by atoms with E-state index in [9.17, 15) is 13.2 Å². The van der Waals surface area contributed by atoms with Crippen LogP contribution in [-0.2, 0) is 12.6 Å². The molecule has 0 aliphatic carbocycles. The highest BCUT2D eigenvalue weighted by Gasteiger charge is 2.31. The molecule has 2 rings (SSSR count). The van der Waals surface area contributed by atoms with Crippen LogP contribution in [0.4, 0.5) is 13.2 Å². The monoisotopic (exact) mass is 314 g/mol. The van der Waals surface area contributed by atoms with Gasteiger partial charge in [0.15, 0.2) is 0 Å². The first-order valence-corrected chi connectivity index (χ1v) is 6.73. The summed E-state index contributed by atoms with van der Waals surface area (Å²) in [5, 5.41) is 3.15. The van der Waals surface area contributed by atoms with Gasteiger partial charge in [-0.25, -0.2) is 0 Å². The number of pyridine rings is 1. The average Bonchev–Trinajstić information content (AvgIpc) is 2.46. The summed E-state index contributed by atoms with van der Waals surface area (Å²) in [6, 6.07) is 10.5. The Kier molecular flexibility index (Phi) is 4.85. The Bertz CT molecular complexity index is 600. The third-order valence-electron chi connectivity index (χ3n) is 3.19. The van der Waals surface area contributed by atoms with Crippen molar-refractivity contribution in [2.45, 2.75) is 18.6 Å². The summed E-state index contributed by atoms with van der Waals surface area (Å²) in [4.78, 5) is 3.87. The third kappa shape index (κ3) is 3.95. The van der Waals surface area contributed by atoms with E-state index in [1.54, 1.807) is 7.05 Å². The Morgan fingerprint density at radius 3 is 2.43 bits per heavy atom. The third-order valence-corrected chi connectivity index (χ3v) is 3.52. The van der Waals surface area contributed by atoms with Gasteiger partial charge in [0.25, 0.3) is 0 Å². The quantitative estimate of drug-likeness (QED) is 0.912. The second-order valence-corrected chi connectivity index (χ2v) is 5.01. The lowest BCUT2D eigenvalue weighted by atomic mass is 10.0. The normalized spacial score (nSPS) is 13.2. The van der Waals surface area contributed by atoms with Gasteiger partial charge in [-0.15, -0.1) is 0 Å². The number of aromatic nitrogens is 1. The Labute approximate surface area is 126 Å². The van der Waals surface area contributed by atoms with Crippen molar-refractivity contribution < 1.29 is 13.2 Å². The molecule has 0 amide bonds. The molecular weight excluding hydrogens is 301 g/mol. The topological polar surface area (TPSA) is 24.9 Å². The van der Waals surface area contributed by atoms with E-state index in [1.807, 2.05) is 30.3 Å². The number of benzene rings is 1. The predicted molar refractivity (Wildman–Crippen MR) is 76.2 cm³/mol. The van der Waals surface area contributed by atoms with E-state index in [4.69, 9.17) is 11.6 Å². The fourth-order valence-corrected chi connectivity index (χ4v) is 2.28. The number of hydrogen-bond donors (Lipinski definition) is 1. The lowest BCUT2D eigenvalue weighted by Gasteiger charge is -2.17. The highest BCUT2D eigenvalue weighted by atomic mass is 35.5. The van der Waals surface area contributed by atoms with Crippen molar-refractivity contribution in [3.05, 3.63) is 64.4 Å². The molecule has 2 nitrogen and oxygen atoms in total. The van der Waals surface area contributed by atoms with Crippen LogP contribution in [0.2, 0.25) is 5.02 Å². The molecule has 1 N–H and O–H groups in total. The molecule has 0 saturated carbocycles. The van der Waals surface area contributed by atoms with Crippen LogP contribution in [0, 0.1) is 0 Å². The van der Waals surface area contributed by atoms with Gasteiger partial charge in [-0.2, -0.15) is 13.2 Å². The van der Waals surface area contributed by atoms with Crippen LogP contribution in [0.5, 0.6) is 0 Å². The van der Waals surface area contributed by atoms with Crippen LogP contribution in [0.25, 0.3) is 0 Å². The molecule has 21 heavy (non-hydrogen) atoms. The van der Waals surface area contributed by atoms with Gasteiger partial charge in [0, 0.05) is 18.7 Å². The molecule has 6 heteroatoms. The largest absolute Gasteiger partial charge is 0.417 e. The minimum Gasteiger partial charge on any atom is -0.313 e. The van der Waals surface area contributed by atoms with Crippen LogP contribution in [-0.4, -0.2) is 12.0 Å². The number of likely N-dealkylation sites (N-methyl/N-ethyl adjacent to an activating group) is 1. The zero-order chi connectivity index (χ0) is 15.5. The van der Waals surface area contributed by atoms with Crippen LogP contribution in [0.15, 0.2) is 42.6 Å². The molecule has 1 aromatic heterocycles. The molecular formula is C15H14ClF3N2. The number of alkyl halides is 3. The Morgan fingerprint density at radius 1 is 1.24 bits per heavy atom. The molecule has 1 atom stereocenters. The Hall–Kier alpha value is -1.59. The van der Waals surface area contributed by atoms with Crippen LogP contribution in [0.1, 0.15) is 22.9 Å². The van der Waals surface area contributed by atoms with E-state index < -0.39 is 11.7 Å². The zero-order valence-electron chi connectivity index (χ0n) is 11.3. The summed E-state index contributed by atoms with van der Waals surface area (Å²) in [6.07, 6.45) is -3.20. The maximum atomic E-state index is 12.6. The highest BCUT2D eigenvalue weighted by molar-refractivity contribution is 6.31. The number of nitrogens with zero attached hydrogens (tertiary/aromatic N) is 1. The first-order chi connectivity index (χ1) is 9.91. The van der Waals surface area contributed by atoms with Crippen molar-refractivity contribution in [3.8, 4) is 0 Å². The maximum Gasteiger partial charge on any atom is 0.417 e. The van der Waals surface area contributed by atoms with E-state index in [0.29, 0.717) is 12.1 Å². The summed E-state index contributed by atoms with van der Waals surface area (Å²) in [5.74, 6) is 0. The van der Waals surface area contributed by atoms with E-state index in [-0.39, 0.29) is 11.1 Å². The molecule has 1 aromatic carbocycles. The number of rotatable bonds is 4. The SMILES string of the molecule is CNC(Cc1ncc(C(F)(F)F)cc1Cl)c1ccccc1. The first-order valence-electron chi connectivity index (χ1n) is 6.35. The lowest BCUT2D eigenvalue weighted by molar-refractivity contribution is -0.137. The molecule has 0 saturated heterocycles. The molecule has 112 valence electrons. The predicted octanol–water partition coefficient (Wildman–Crippen LogP) is 4.26. The Balaban J connectivity index is 2.23. The fraction of sp³-hybridized carbons (Fsp3) is 0.267. The number of halogens is 4. The minimum absolute atomic E-state index is 0.0287. The van der Waals surface area contributed by atoms with Gasteiger partial charge < -0.3 is 5.32 Å². The van der Waals surface area contributed by atoms with E-state index in [0.717, 1.165) is 17.8 Å². The lowest BCUT2D eigenvalue weighted by Crippen LogP contribution is -2.19. The standard InChI is InChI=1S/C15H14ClF3N2/c1-20-13(10-5-3-2-4-6-10)8-14-12(16)7-11(9-21-14)15(17,18)19/h2-7,9,13,20H,8H2,1H3. The number of nitrogens with one attached hydrogen (secondary N) is 1. The van der Waals surface area contributed by atoms with Crippen molar-refractivity contribution in [1.82, 2.24) is 10.3 Å². The molecule has 0 spiro atoms. The summed E-state index contributed by atoms with van der Waals surface area (Å²) in [7, 11) is 1.79. The number of hydrogen-bond acceptors (Lipinski definition) is 2. The van der Waals surface area contributed by atoms with E-state index in [2.05, 4.69) is 10.3 Å². The molecule has 0 fully saturated rings. The highest BCUT2D eigenvalue weighted by Crippen LogP contribution is 2.32. The molecule has 0 bridgehead atoms. The second kappa shape index (κ2) is 6.45. The van der Waals surface area contributed by atoms with Gasteiger partial charge in [-0.05, 0) is 18.7 Å². The molecule has 0 aliphatic rings. The molecule has 1 heterocycles. The van der Waals surface area contributed by atoms with Crippen molar-refractivity contribution in [3.63, 3.8) is 0 Å². The second-order valence-electron chi connectivity index (χ2n) is 4.61. The van der Waals surface area contributed by atoms with Gasteiger partial charge in [-0.3, -0.25) is 4.98 Å². The van der Waals surface area contributed by atoms with E-state index in [1.165, 1.54) is 0 Å². The van der Waals surface area contributed by atoms with Gasteiger partial charge in [0.2, 0.25) is 0 Å². The zero-order valence-corrected chi connectivity index (χ0v) is 12.0. The smallest absolute Gasteiger partial charge is 0.313 e. The average molecular weight is 315 g/mol.